The van der Waals surface area contributed by atoms with Crippen LogP contribution in [0.15, 0.2) is 29.3 Å². The summed E-state index contributed by atoms with van der Waals surface area (Å²) in [5.41, 5.74) is 0.530. The van der Waals surface area contributed by atoms with E-state index in [1.807, 2.05) is 0 Å². The Morgan fingerprint density at radius 1 is 1.47 bits per heavy atom. The molecular weight excluding hydrogens is 249 g/mol. The van der Waals surface area contributed by atoms with Crippen LogP contribution in [0.4, 0.5) is 4.39 Å². The zero-order valence-electron chi connectivity index (χ0n) is 10.3. The Balaban J connectivity index is 2.27. The van der Waals surface area contributed by atoms with Gasteiger partial charge >= 0.3 is 5.69 Å². The monoisotopic (exact) mass is 261 g/mol. The van der Waals surface area contributed by atoms with Gasteiger partial charge in [0.15, 0.2) is 0 Å². The highest BCUT2D eigenvalue weighted by Gasteiger charge is 2.07. The lowest BCUT2D eigenvalue weighted by Crippen LogP contribution is -2.23. The summed E-state index contributed by atoms with van der Waals surface area (Å²) in [5.74, 6) is 4.60. The second-order valence-electron chi connectivity index (χ2n) is 3.95. The van der Waals surface area contributed by atoms with Crippen molar-refractivity contribution < 1.29 is 9.50 Å². The predicted molar refractivity (Wildman–Crippen MR) is 66.9 cm³/mol. The van der Waals surface area contributed by atoms with Crippen LogP contribution in [0.2, 0.25) is 0 Å². The van der Waals surface area contributed by atoms with Crippen molar-refractivity contribution >= 4 is 0 Å². The Labute approximate surface area is 108 Å². The molecule has 5 nitrogen and oxygen atoms in total. The zero-order valence-corrected chi connectivity index (χ0v) is 10.3. The Kier molecular flexibility index (Phi) is 3.78. The molecule has 0 aliphatic rings. The molecule has 2 aromatic rings. The third-order valence-electron chi connectivity index (χ3n) is 2.57. The van der Waals surface area contributed by atoms with E-state index in [1.165, 1.54) is 21.6 Å². The van der Waals surface area contributed by atoms with E-state index in [2.05, 4.69) is 16.9 Å². The van der Waals surface area contributed by atoms with E-state index >= 15 is 0 Å². The zero-order chi connectivity index (χ0) is 13.8. The summed E-state index contributed by atoms with van der Waals surface area (Å²) in [7, 11) is 1.58. The molecule has 6 heteroatoms. The first-order valence-electron chi connectivity index (χ1n) is 5.58. The first-order valence-corrected chi connectivity index (χ1v) is 5.58. The highest BCUT2D eigenvalue weighted by atomic mass is 19.1. The first-order chi connectivity index (χ1) is 9.11. The van der Waals surface area contributed by atoms with Crippen molar-refractivity contribution in [3.05, 3.63) is 52.0 Å². The van der Waals surface area contributed by atoms with Gasteiger partial charge in [0, 0.05) is 18.2 Å². The summed E-state index contributed by atoms with van der Waals surface area (Å²) >= 11 is 0. The Morgan fingerprint density at radius 3 is 2.84 bits per heavy atom. The minimum Gasteiger partial charge on any atom is -0.384 e. The molecule has 2 rings (SSSR count). The summed E-state index contributed by atoms with van der Waals surface area (Å²) < 4.78 is 16.3. The summed E-state index contributed by atoms with van der Waals surface area (Å²) in [4.78, 5) is 11.6. The molecule has 0 unspecified atom stereocenters. The summed E-state index contributed by atoms with van der Waals surface area (Å²) in [6, 6.07) is 4.46. The maximum absolute atomic E-state index is 13.8. The fourth-order valence-electron chi connectivity index (χ4n) is 1.59. The molecule has 1 aromatic carbocycles. The molecule has 0 amide bonds. The molecule has 0 saturated heterocycles. The van der Waals surface area contributed by atoms with E-state index in [0.29, 0.717) is 11.1 Å². The lowest BCUT2D eigenvalue weighted by atomic mass is 10.1. The van der Waals surface area contributed by atoms with Crippen molar-refractivity contribution in [1.82, 2.24) is 14.3 Å². The number of benzene rings is 1. The summed E-state index contributed by atoms with van der Waals surface area (Å²) in [5, 5.41) is 12.4. The third kappa shape index (κ3) is 2.89. The van der Waals surface area contributed by atoms with Crippen LogP contribution in [0.25, 0.3) is 0 Å². The van der Waals surface area contributed by atoms with E-state index in [-0.39, 0.29) is 18.8 Å². The Morgan fingerprint density at radius 2 is 2.26 bits per heavy atom. The molecule has 0 aliphatic carbocycles. The first kappa shape index (κ1) is 13.1. The molecule has 0 atom stereocenters. The van der Waals surface area contributed by atoms with Crippen LogP contribution in [0, 0.1) is 17.7 Å². The molecule has 0 spiro atoms. The van der Waals surface area contributed by atoms with Gasteiger partial charge in [-0.15, -0.1) is 0 Å². The van der Waals surface area contributed by atoms with Gasteiger partial charge < -0.3 is 5.11 Å². The summed E-state index contributed by atoms with van der Waals surface area (Å²) in [6.45, 7) is -0.202. The average Bonchev–Trinajstić information content (AvgIpc) is 2.71. The van der Waals surface area contributed by atoms with E-state index in [0.717, 1.165) is 0 Å². The van der Waals surface area contributed by atoms with Gasteiger partial charge in [-0.05, 0) is 12.1 Å². The standard InChI is InChI=1S/C13H12FN3O2/c1-16-9-15-17(13(16)19)8-11-5-4-10(3-2-6-18)7-12(11)14/h4-5,7,9,18H,6,8H2,1H3. The average molecular weight is 261 g/mol. The number of aromatic nitrogens is 3. The van der Waals surface area contributed by atoms with E-state index in [1.54, 1.807) is 19.2 Å². The quantitative estimate of drug-likeness (QED) is 0.781. The minimum atomic E-state index is -0.456. The molecule has 0 radical (unpaired) electrons. The van der Waals surface area contributed by atoms with Gasteiger partial charge in [0.25, 0.3) is 0 Å². The van der Waals surface area contributed by atoms with Crippen molar-refractivity contribution in [2.45, 2.75) is 6.54 Å². The molecule has 0 saturated carbocycles. The van der Waals surface area contributed by atoms with Crippen LogP contribution in [0.5, 0.6) is 0 Å². The molecule has 0 fully saturated rings. The van der Waals surface area contributed by atoms with Crippen molar-refractivity contribution in [1.29, 1.82) is 0 Å². The smallest absolute Gasteiger partial charge is 0.345 e. The van der Waals surface area contributed by atoms with E-state index in [9.17, 15) is 9.18 Å². The minimum absolute atomic E-state index is 0.0687. The van der Waals surface area contributed by atoms with Crippen molar-refractivity contribution in [2.75, 3.05) is 6.61 Å². The number of rotatable bonds is 2. The largest absolute Gasteiger partial charge is 0.384 e. The number of aliphatic hydroxyl groups is 1. The molecule has 19 heavy (non-hydrogen) atoms. The van der Waals surface area contributed by atoms with Gasteiger partial charge in [0.2, 0.25) is 0 Å². The molecule has 1 aromatic heterocycles. The number of hydrogen-bond donors (Lipinski definition) is 1. The third-order valence-corrected chi connectivity index (χ3v) is 2.57. The molecule has 1 heterocycles. The normalized spacial score (nSPS) is 10.1. The number of aryl methyl sites for hydroxylation is 1. The van der Waals surface area contributed by atoms with Crippen molar-refractivity contribution in [3.63, 3.8) is 0 Å². The van der Waals surface area contributed by atoms with Crippen LogP contribution in [-0.4, -0.2) is 26.1 Å². The fourth-order valence-corrected chi connectivity index (χ4v) is 1.59. The predicted octanol–water partition coefficient (Wildman–Crippen LogP) is 0.113. The highest BCUT2D eigenvalue weighted by Crippen LogP contribution is 2.10. The van der Waals surface area contributed by atoms with Crippen molar-refractivity contribution in [3.8, 4) is 11.8 Å². The van der Waals surface area contributed by atoms with Gasteiger partial charge in [-0.25, -0.2) is 13.9 Å². The fraction of sp³-hybridized carbons (Fsp3) is 0.231. The van der Waals surface area contributed by atoms with E-state index in [4.69, 9.17) is 5.11 Å². The summed E-state index contributed by atoms with van der Waals surface area (Å²) in [6.07, 6.45) is 1.38. The highest BCUT2D eigenvalue weighted by molar-refractivity contribution is 5.37. The van der Waals surface area contributed by atoms with Gasteiger partial charge in [0.1, 0.15) is 18.8 Å². The molecule has 0 bridgehead atoms. The second-order valence-corrected chi connectivity index (χ2v) is 3.95. The number of nitrogens with zero attached hydrogens (tertiary/aromatic N) is 3. The molecule has 0 aliphatic heterocycles. The van der Waals surface area contributed by atoms with E-state index < -0.39 is 5.82 Å². The van der Waals surface area contributed by atoms with Gasteiger partial charge in [-0.3, -0.25) is 4.57 Å². The van der Waals surface area contributed by atoms with Crippen LogP contribution in [0.3, 0.4) is 0 Å². The SMILES string of the molecule is Cn1cnn(Cc2ccc(C#CCO)cc2F)c1=O. The van der Waals surface area contributed by atoms with Crippen LogP contribution in [-0.2, 0) is 13.6 Å². The number of aliphatic hydroxyl groups excluding tert-OH is 1. The lowest BCUT2D eigenvalue weighted by Gasteiger charge is -2.03. The van der Waals surface area contributed by atoms with Crippen LogP contribution in [0.1, 0.15) is 11.1 Å². The number of hydrogen-bond acceptors (Lipinski definition) is 3. The van der Waals surface area contributed by atoms with Gasteiger partial charge in [0.05, 0.1) is 6.54 Å². The maximum Gasteiger partial charge on any atom is 0.345 e. The lowest BCUT2D eigenvalue weighted by molar-refractivity contribution is 0.350. The van der Waals surface area contributed by atoms with Gasteiger partial charge in [-0.1, -0.05) is 17.9 Å². The van der Waals surface area contributed by atoms with Crippen LogP contribution >= 0.6 is 0 Å². The Hall–Kier alpha value is -2.39. The molecular formula is C13H12FN3O2. The van der Waals surface area contributed by atoms with Gasteiger partial charge in [-0.2, -0.15) is 5.10 Å². The number of halogens is 1. The second kappa shape index (κ2) is 5.50. The topological polar surface area (TPSA) is 60.1 Å². The van der Waals surface area contributed by atoms with Crippen molar-refractivity contribution in [2.24, 2.45) is 7.05 Å². The molecule has 98 valence electrons. The molecule has 1 N–H and O–H groups in total. The Bertz CT molecular complexity index is 707. The maximum atomic E-state index is 13.8. The van der Waals surface area contributed by atoms with Crippen LogP contribution < -0.4 is 5.69 Å².